The van der Waals surface area contributed by atoms with Crippen molar-refractivity contribution in [2.24, 2.45) is 0 Å². The van der Waals surface area contributed by atoms with E-state index in [1.807, 2.05) is 42.2 Å². The monoisotopic (exact) mass is 482 g/mol. The molecule has 34 heavy (non-hydrogen) atoms. The molecule has 10 nitrogen and oxygen atoms in total. The normalized spacial score (nSPS) is 14.4. The van der Waals surface area contributed by atoms with Gasteiger partial charge in [-0.25, -0.2) is 0 Å². The second-order valence-electron chi connectivity index (χ2n) is 7.37. The van der Waals surface area contributed by atoms with Crippen LogP contribution in [0.15, 0.2) is 59.5 Å². The zero-order valence-electron chi connectivity index (χ0n) is 18.9. The summed E-state index contributed by atoms with van der Waals surface area (Å²) in [5, 5.41) is 6.31. The molecular weight excluding hydrogens is 456 g/mol. The fraction of sp³-hybridized carbons (Fsp3) is 0.261. The van der Waals surface area contributed by atoms with Crippen molar-refractivity contribution in [3.05, 3.63) is 60.2 Å². The summed E-state index contributed by atoms with van der Waals surface area (Å²) < 4.78 is 35.1. The van der Waals surface area contributed by atoms with E-state index < -0.39 is 10.1 Å². The number of aromatic nitrogens is 3. The maximum Gasteiger partial charge on any atom is 0.297 e. The Morgan fingerprint density at radius 2 is 1.65 bits per heavy atom. The van der Waals surface area contributed by atoms with E-state index in [2.05, 4.69) is 25.6 Å². The lowest BCUT2D eigenvalue weighted by molar-refractivity contribution is 0.122. The van der Waals surface area contributed by atoms with Gasteiger partial charge in [0, 0.05) is 24.5 Å². The summed E-state index contributed by atoms with van der Waals surface area (Å²) in [6.07, 6.45) is 3.47. The Morgan fingerprint density at radius 1 is 0.971 bits per heavy atom. The number of hydrogen-bond donors (Lipinski definition) is 2. The smallest absolute Gasteiger partial charge is 0.297 e. The van der Waals surface area contributed by atoms with Gasteiger partial charge in [-0.3, -0.25) is 4.18 Å². The Kier molecular flexibility index (Phi) is 7.36. The van der Waals surface area contributed by atoms with Crippen molar-refractivity contribution in [1.29, 1.82) is 0 Å². The van der Waals surface area contributed by atoms with Gasteiger partial charge in [0.25, 0.3) is 10.1 Å². The highest BCUT2D eigenvalue weighted by Gasteiger charge is 2.20. The summed E-state index contributed by atoms with van der Waals surface area (Å²) in [6.45, 7) is 4.29. The van der Waals surface area contributed by atoms with Crippen LogP contribution in [0.1, 0.15) is 12.5 Å². The number of nitrogens with zero attached hydrogens (tertiary/aromatic N) is 4. The van der Waals surface area contributed by atoms with Crippen molar-refractivity contribution in [3.8, 4) is 0 Å². The van der Waals surface area contributed by atoms with Crippen LogP contribution in [0.4, 0.5) is 29.2 Å². The van der Waals surface area contributed by atoms with Gasteiger partial charge in [0.15, 0.2) is 0 Å². The van der Waals surface area contributed by atoms with E-state index in [1.54, 1.807) is 24.3 Å². The number of para-hydroxylation sites is 1. The molecule has 178 valence electrons. The Balaban J connectivity index is 1.70. The minimum absolute atomic E-state index is 0.0446. The van der Waals surface area contributed by atoms with Crippen molar-refractivity contribution < 1.29 is 17.3 Å². The summed E-state index contributed by atoms with van der Waals surface area (Å²) in [7, 11) is -2.78. The average molecular weight is 483 g/mol. The molecule has 1 aliphatic rings. The van der Waals surface area contributed by atoms with Crippen LogP contribution in [0.2, 0.25) is 0 Å². The SMILES string of the molecule is C/C=C/c1ccc(Nc2nc(Nc3ccccc3)nc(N3CCOCC3)n2)cc1S(=O)(=O)OC. The van der Waals surface area contributed by atoms with Crippen molar-refractivity contribution >= 4 is 45.4 Å². The molecule has 2 heterocycles. The topological polar surface area (TPSA) is 119 Å². The standard InChI is InChI=1S/C23H26N6O4S/c1-3-7-17-10-11-19(16-20(17)34(30,31)32-2)25-22-26-21(24-18-8-5-4-6-9-18)27-23(28-22)29-12-14-33-15-13-29/h3-11,16H,12-15H2,1-2H3,(H2,24,25,26,27,28)/b7-3+. The van der Waals surface area contributed by atoms with E-state index >= 15 is 0 Å². The molecule has 0 radical (unpaired) electrons. The molecule has 3 aromatic rings. The lowest BCUT2D eigenvalue weighted by Gasteiger charge is -2.27. The summed E-state index contributed by atoms with van der Waals surface area (Å²) in [5.41, 5.74) is 1.84. The molecule has 2 aromatic carbocycles. The zero-order valence-corrected chi connectivity index (χ0v) is 19.7. The molecular formula is C23H26N6O4S. The van der Waals surface area contributed by atoms with Crippen molar-refractivity contribution in [3.63, 3.8) is 0 Å². The quantitative estimate of drug-likeness (QED) is 0.461. The summed E-state index contributed by atoms with van der Waals surface area (Å²) in [5.74, 6) is 1.13. The van der Waals surface area contributed by atoms with Crippen LogP contribution in [0.25, 0.3) is 6.08 Å². The molecule has 11 heteroatoms. The van der Waals surface area contributed by atoms with Crippen LogP contribution in [0.5, 0.6) is 0 Å². The first kappa shape index (κ1) is 23.6. The molecule has 0 bridgehead atoms. The van der Waals surface area contributed by atoms with Crippen LogP contribution in [0, 0.1) is 0 Å². The lowest BCUT2D eigenvalue weighted by Crippen LogP contribution is -2.37. The van der Waals surface area contributed by atoms with Gasteiger partial charge in [-0.15, -0.1) is 0 Å². The maximum atomic E-state index is 12.5. The number of allylic oxidation sites excluding steroid dienone is 1. The highest BCUT2D eigenvalue weighted by atomic mass is 32.2. The predicted molar refractivity (Wildman–Crippen MR) is 131 cm³/mol. The van der Waals surface area contributed by atoms with Crippen LogP contribution in [-0.2, 0) is 19.0 Å². The van der Waals surface area contributed by atoms with Gasteiger partial charge in [-0.1, -0.05) is 36.4 Å². The lowest BCUT2D eigenvalue weighted by atomic mass is 10.2. The third kappa shape index (κ3) is 5.68. The van der Waals surface area contributed by atoms with Gasteiger partial charge in [0.05, 0.1) is 20.3 Å². The molecule has 2 N–H and O–H groups in total. The van der Waals surface area contributed by atoms with E-state index in [0.29, 0.717) is 49.5 Å². The molecule has 0 unspecified atom stereocenters. The van der Waals surface area contributed by atoms with Gasteiger partial charge < -0.3 is 20.3 Å². The molecule has 0 aliphatic carbocycles. The van der Waals surface area contributed by atoms with Crippen LogP contribution < -0.4 is 15.5 Å². The van der Waals surface area contributed by atoms with Crippen LogP contribution in [-0.4, -0.2) is 56.8 Å². The number of ether oxygens (including phenoxy) is 1. The van der Waals surface area contributed by atoms with E-state index in [1.165, 1.54) is 6.07 Å². The van der Waals surface area contributed by atoms with Crippen molar-refractivity contribution in [2.75, 3.05) is 48.9 Å². The Hall–Kier alpha value is -3.54. The minimum atomic E-state index is -3.92. The highest BCUT2D eigenvalue weighted by molar-refractivity contribution is 7.86. The first-order valence-electron chi connectivity index (χ1n) is 10.7. The molecule has 1 saturated heterocycles. The largest absolute Gasteiger partial charge is 0.378 e. The molecule has 0 atom stereocenters. The maximum absolute atomic E-state index is 12.5. The highest BCUT2D eigenvalue weighted by Crippen LogP contribution is 2.26. The molecule has 0 amide bonds. The summed E-state index contributed by atoms with van der Waals surface area (Å²) in [6, 6.07) is 14.5. The van der Waals surface area contributed by atoms with Gasteiger partial charge in [0.2, 0.25) is 17.8 Å². The summed E-state index contributed by atoms with van der Waals surface area (Å²) in [4.78, 5) is 15.7. The second-order valence-corrected chi connectivity index (χ2v) is 9.05. The van der Waals surface area contributed by atoms with Crippen molar-refractivity contribution in [1.82, 2.24) is 15.0 Å². The van der Waals surface area contributed by atoms with E-state index in [0.717, 1.165) is 12.8 Å². The average Bonchev–Trinajstić information content (AvgIpc) is 2.86. The molecule has 1 fully saturated rings. The van der Waals surface area contributed by atoms with Crippen molar-refractivity contribution in [2.45, 2.75) is 11.8 Å². The Bertz CT molecular complexity index is 1260. The summed E-state index contributed by atoms with van der Waals surface area (Å²) >= 11 is 0. The van der Waals surface area contributed by atoms with E-state index in [4.69, 9.17) is 8.92 Å². The van der Waals surface area contributed by atoms with E-state index in [-0.39, 0.29) is 10.8 Å². The van der Waals surface area contributed by atoms with E-state index in [9.17, 15) is 8.42 Å². The first-order valence-corrected chi connectivity index (χ1v) is 12.1. The number of rotatable bonds is 8. The molecule has 0 saturated carbocycles. The molecule has 1 aromatic heterocycles. The number of anilines is 5. The second kappa shape index (κ2) is 10.6. The first-order chi connectivity index (χ1) is 16.5. The van der Waals surface area contributed by atoms with Gasteiger partial charge >= 0.3 is 0 Å². The van der Waals surface area contributed by atoms with Crippen LogP contribution in [0.3, 0.4) is 0 Å². The number of nitrogens with one attached hydrogen (secondary N) is 2. The zero-order chi connectivity index (χ0) is 24.0. The predicted octanol–water partition coefficient (Wildman–Crippen LogP) is 3.56. The molecule has 0 spiro atoms. The Morgan fingerprint density at radius 3 is 2.29 bits per heavy atom. The fourth-order valence-corrected chi connectivity index (χ4v) is 4.27. The van der Waals surface area contributed by atoms with Gasteiger partial charge in [-0.05, 0) is 36.8 Å². The third-order valence-electron chi connectivity index (χ3n) is 5.05. The Labute approximate surface area is 198 Å². The third-order valence-corrected chi connectivity index (χ3v) is 6.38. The molecule has 4 rings (SSSR count). The minimum Gasteiger partial charge on any atom is -0.378 e. The van der Waals surface area contributed by atoms with Gasteiger partial charge in [0.1, 0.15) is 4.90 Å². The fourth-order valence-electron chi connectivity index (χ4n) is 3.40. The molecule has 1 aliphatic heterocycles. The number of morpholine rings is 1. The van der Waals surface area contributed by atoms with Crippen LogP contribution >= 0.6 is 0 Å². The van der Waals surface area contributed by atoms with Gasteiger partial charge in [-0.2, -0.15) is 23.4 Å². The number of hydrogen-bond acceptors (Lipinski definition) is 10. The number of benzene rings is 2.